The zero-order valence-corrected chi connectivity index (χ0v) is 9.00. The first kappa shape index (κ1) is 9.93. The highest BCUT2D eigenvalue weighted by Gasteiger charge is 1.84. The molecular weight excluding hydrogens is 204 g/mol. The Balaban J connectivity index is 1.80. The van der Waals surface area contributed by atoms with Crippen LogP contribution >= 0.6 is 11.8 Å². The van der Waals surface area contributed by atoms with E-state index in [9.17, 15) is 0 Å². The minimum absolute atomic E-state index is 1.12. The minimum Gasteiger partial charge on any atom is -0.362 e. The summed E-state index contributed by atoms with van der Waals surface area (Å²) in [5.41, 5.74) is 2.24. The highest BCUT2D eigenvalue weighted by Crippen LogP contribution is 2.10. The van der Waals surface area contributed by atoms with Crippen LogP contribution in [-0.2, 0) is 0 Å². The Labute approximate surface area is 93.1 Å². The first-order valence-electron chi connectivity index (χ1n) is 4.70. The van der Waals surface area contributed by atoms with Gasteiger partial charge in [-0.25, -0.2) is 0 Å². The van der Waals surface area contributed by atoms with Gasteiger partial charge in [-0.15, -0.1) is 11.8 Å². The molecule has 2 aromatic heterocycles. The molecule has 0 radical (unpaired) electrons. The van der Waals surface area contributed by atoms with Crippen LogP contribution in [0.25, 0.3) is 12.2 Å². The Morgan fingerprint density at radius 1 is 0.867 bits per heavy atom. The Kier molecular flexibility index (Phi) is 3.52. The van der Waals surface area contributed by atoms with Crippen LogP contribution < -0.4 is 0 Å². The Morgan fingerprint density at radius 3 is 1.80 bits per heavy atom. The molecule has 2 nitrogen and oxygen atoms in total. The summed E-state index contributed by atoms with van der Waals surface area (Å²) < 4.78 is 0. The van der Waals surface area contributed by atoms with E-state index in [0.29, 0.717) is 0 Å². The van der Waals surface area contributed by atoms with Gasteiger partial charge in [-0.05, 0) is 47.2 Å². The molecule has 0 unspecified atom stereocenters. The molecule has 0 fully saturated rings. The summed E-state index contributed by atoms with van der Waals surface area (Å²) in [6.07, 6.45) is 7.92. The second-order valence-corrected chi connectivity index (χ2v) is 3.81. The van der Waals surface area contributed by atoms with Crippen LogP contribution in [0.4, 0.5) is 0 Å². The van der Waals surface area contributed by atoms with Crippen molar-refractivity contribution in [3.8, 4) is 0 Å². The molecule has 0 aromatic carbocycles. The molecule has 0 bridgehead atoms. The summed E-state index contributed by atoms with van der Waals surface area (Å²) in [6, 6.07) is 8.04. The maximum absolute atomic E-state index is 3.11. The average molecular weight is 216 g/mol. The lowest BCUT2D eigenvalue weighted by Gasteiger charge is -1.85. The second-order valence-electron chi connectivity index (χ2n) is 2.99. The maximum Gasteiger partial charge on any atom is 0.0385 e. The minimum atomic E-state index is 1.12. The normalized spacial score (nSPS) is 11.7. The van der Waals surface area contributed by atoms with Crippen molar-refractivity contribution in [3.63, 3.8) is 0 Å². The smallest absolute Gasteiger partial charge is 0.0385 e. The first-order chi connectivity index (χ1) is 7.45. The standard InChI is InChI=1S/C12H12N2S/c1-3-11(13-7-1)5-9-15-10-6-12-4-2-8-14-12/h1-10,13-14H. The number of aromatic amines is 2. The van der Waals surface area contributed by atoms with Gasteiger partial charge in [-0.1, -0.05) is 0 Å². The van der Waals surface area contributed by atoms with Crippen LogP contribution in [0.15, 0.2) is 47.5 Å². The highest BCUT2D eigenvalue weighted by atomic mass is 32.2. The number of hydrogen-bond donors (Lipinski definition) is 2. The second kappa shape index (κ2) is 5.32. The summed E-state index contributed by atoms with van der Waals surface area (Å²) in [5, 5.41) is 4.09. The van der Waals surface area contributed by atoms with Crippen molar-refractivity contribution in [3.05, 3.63) is 58.9 Å². The lowest BCUT2D eigenvalue weighted by Crippen LogP contribution is -1.65. The van der Waals surface area contributed by atoms with E-state index in [-0.39, 0.29) is 0 Å². The van der Waals surface area contributed by atoms with E-state index in [1.807, 2.05) is 59.6 Å². The Hall–Kier alpha value is -1.61. The van der Waals surface area contributed by atoms with Crippen molar-refractivity contribution in [1.29, 1.82) is 0 Å². The van der Waals surface area contributed by atoms with Crippen LogP contribution in [0.5, 0.6) is 0 Å². The van der Waals surface area contributed by atoms with Crippen LogP contribution in [-0.4, -0.2) is 9.97 Å². The topological polar surface area (TPSA) is 31.6 Å². The van der Waals surface area contributed by atoms with Gasteiger partial charge in [-0.3, -0.25) is 0 Å². The van der Waals surface area contributed by atoms with Gasteiger partial charge < -0.3 is 9.97 Å². The third-order valence-electron chi connectivity index (χ3n) is 1.90. The molecule has 2 aromatic rings. The van der Waals surface area contributed by atoms with Gasteiger partial charge in [-0.2, -0.15) is 0 Å². The van der Waals surface area contributed by atoms with E-state index in [0.717, 1.165) is 11.4 Å². The number of nitrogens with one attached hydrogen (secondary N) is 2. The van der Waals surface area contributed by atoms with Crippen molar-refractivity contribution >= 4 is 23.9 Å². The summed E-state index contributed by atoms with van der Waals surface area (Å²) >= 11 is 1.65. The molecule has 0 spiro atoms. The molecule has 2 rings (SSSR count). The summed E-state index contributed by atoms with van der Waals surface area (Å²) in [7, 11) is 0. The monoisotopic (exact) mass is 216 g/mol. The molecule has 76 valence electrons. The van der Waals surface area contributed by atoms with E-state index in [4.69, 9.17) is 0 Å². The Bertz CT molecular complexity index is 382. The third kappa shape index (κ3) is 3.22. The molecule has 0 saturated carbocycles. The van der Waals surface area contributed by atoms with Gasteiger partial charge in [0.2, 0.25) is 0 Å². The fourth-order valence-electron chi connectivity index (χ4n) is 1.17. The molecule has 3 heteroatoms. The van der Waals surface area contributed by atoms with E-state index in [1.54, 1.807) is 11.8 Å². The van der Waals surface area contributed by atoms with Gasteiger partial charge >= 0.3 is 0 Å². The van der Waals surface area contributed by atoms with E-state index >= 15 is 0 Å². The largest absolute Gasteiger partial charge is 0.362 e. The van der Waals surface area contributed by atoms with Gasteiger partial charge in [0, 0.05) is 23.8 Å². The molecule has 0 aliphatic rings. The predicted octanol–water partition coefficient (Wildman–Crippen LogP) is 3.72. The van der Waals surface area contributed by atoms with Crippen LogP contribution in [0, 0.1) is 0 Å². The van der Waals surface area contributed by atoms with Crippen LogP contribution in [0.3, 0.4) is 0 Å². The number of thioether (sulfide) groups is 1. The molecule has 2 N–H and O–H groups in total. The molecule has 0 amide bonds. The number of H-pyrrole nitrogens is 2. The fraction of sp³-hybridized carbons (Fsp3) is 0. The molecule has 0 saturated heterocycles. The fourth-order valence-corrected chi connectivity index (χ4v) is 1.71. The van der Waals surface area contributed by atoms with Gasteiger partial charge in [0.25, 0.3) is 0 Å². The Morgan fingerprint density at radius 2 is 1.40 bits per heavy atom. The zero-order valence-electron chi connectivity index (χ0n) is 8.18. The SMILES string of the molecule is C(=Cc1ccc[nH]1)SC=Cc1ccc[nH]1. The van der Waals surface area contributed by atoms with Crippen LogP contribution in [0.2, 0.25) is 0 Å². The summed E-state index contributed by atoms with van der Waals surface area (Å²) in [4.78, 5) is 6.22. The summed E-state index contributed by atoms with van der Waals surface area (Å²) in [6.45, 7) is 0. The van der Waals surface area contributed by atoms with E-state index in [1.165, 1.54) is 0 Å². The number of aromatic nitrogens is 2. The van der Waals surface area contributed by atoms with Crippen molar-refractivity contribution in [2.24, 2.45) is 0 Å². The van der Waals surface area contributed by atoms with Crippen molar-refractivity contribution in [2.75, 3.05) is 0 Å². The summed E-state index contributed by atoms with van der Waals surface area (Å²) in [5.74, 6) is 0. The average Bonchev–Trinajstić information content (AvgIpc) is 2.88. The zero-order chi connectivity index (χ0) is 10.3. The van der Waals surface area contributed by atoms with Crippen molar-refractivity contribution in [1.82, 2.24) is 9.97 Å². The first-order valence-corrected chi connectivity index (χ1v) is 5.65. The lowest BCUT2D eigenvalue weighted by molar-refractivity contribution is 1.38. The highest BCUT2D eigenvalue weighted by molar-refractivity contribution is 8.05. The van der Waals surface area contributed by atoms with Crippen LogP contribution in [0.1, 0.15) is 11.4 Å². The molecule has 2 heterocycles. The van der Waals surface area contributed by atoms with E-state index < -0.39 is 0 Å². The van der Waals surface area contributed by atoms with Crippen molar-refractivity contribution in [2.45, 2.75) is 0 Å². The van der Waals surface area contributed by atoms with Gasteiger partial charge in [0.1, 0.15) is 0 Å². The van der Waals surface area contributed by atoms with Gasteiger partial charge in [0.15, 0.2) is 0 Å². The van der Waals surface area contributed by atoms with Gasteiger partial charge in [0.05, 0.1) is 0 Å². The quantitative estimate of drug-likeness (QED) is 0.802. The molecule has 15 heavy (non-hydrogen) atoms. The molecule has 0 aliphatic carbocycles. The van der Waals surface area contributed by atoms with Crippen molar-refractivity contribution < 1.29 is 0 Å². The lowest BCUT2D eigenvalue weighted by atomic mass is 10.4. The molecule has 0 atom stereocenters. The maximum atomic E-state index is 3.11. The molecular formula is C12H12N2S. The third-order valence-corrected chi connectivity index (χ3v) is 2.48. The number of rotatable bonds is 4. The molecule has 0 aliphatic heterocycles. The van der Waals surface area contributed by atoms with E-state index in [2.05, 4.69) is 9.97 Å². The number of hydrogen-bond acceptors (Lipinski definition) is 1. The predicted molar refractivity (Wildman–Crippen MR) is 67.2 cm³/mol.